The van der Waals surface area contributed by atoms with Gasteiger partial charge in [0.2, 0.25) is 0 Å². The number of carbonyl (C=O) groups is 1. The molecule has 0 aliphatic rings. The second kappa shape index (κ2) is 4.41. The zero-order valence-electron chi connectivity index (χ0n) is 7.12. The van der Waals surface area contributed by atoms with Gasteiger partial charge in [-0.25, -0.2) is 0 Å². The van der Waals surface area contributed by atoms with Crippen molar-refractivity contribution >= 4 is 28.4 Å². The Morgan fingerprint density at radius 2 is 2.23 bits per heavy atom. The van der Waals surface area contributed by atoms with E-state index in [4.69, 9.17) is 5.11 Å². The molecule has 0 atom stereocenters. The molecule has 0 aromatic heterocycles. The van der Waals surface area contributed by atoms with Crippen molar-refractivity contribution in [1.82, 2.24) is 0 Å². The zero-order chi connectivity index (χ0) is 9.84. The summed E-state index contributed by atoms with van der Waals surface area (Å²) in [6.07, 6.45) is 1.91. The molecule has 1 N–H and O–H groups in total. The van der Waals surface area contributed by atoms with Crippen molar-refractivity contribution in [2.75, 3.05) is 0 Å². The van der Waals surface area contributed by atoms with E-state index in [0.29, 0.717) is 5.56 Å². The standard InChI is InChI=1S/C10H9IO2/c1-7-2-3-8(9(11)6-7)10(13)4-5-12/h2-6,12H,1H3/b5-4+. The molecule has 13 heavy (non-hydrogen) atoms. The van der Waals surface area contributed by atoms with Crippen LogP contribution in [0.2, 0.25) is 0 Å². The van der Waals surface area contributed by atoms with Crippen molar-refractivity contribution in [1.29, 1.82) is 0 Å². The fourth-order valence-electron chi connectivity index (χ4n) is 0.977. The number of ketones is 1. The minimum absolute atomic E-state index is 0.174. The highest BCUT2D eigenvalue weighted by Gasteiger charge is 2.05. The van der Waals surface area contributed by atoms with E-state index in [2.05, 4.69) is 22.6 Å². The van der Waals surface area contributed by atoms with E-state index in [1.54, 1.807) is 6.07 Å². The molecule has 0 radical (unpaired) electrons. The smallest absolute Gasteiger partial charge is 0.189 e. The molecule has 0 heterocycles. The third kappa shape index (κ3) is 2.55. The van der Waals surface area contributed by atoms with Gasteiger partial charge in [0.1, 0.15) is 0 Å². The lowest BCUT2D eigenvalue weighted by Gasteiger charge is -2.00. The molecular weight excluding hydrogens is 279 g/mol. The predicted octanol–water partition coefficient (Wildman–Crippen LogP) is 2.85. The SMILES string of the molecule is Cc1ccc(C(=O)/C=C/O)c(I)c1. The second-order valence-corrected chi connectivity index (χ2v) is 3.83. The number of rotatable bonds is 2. The Balaban J connectivity index is 3.09. The number of aliphatic hydroxyl groups excluding tert-OH is 1. The van der Waals surface area contributed by atoms with E-state index in [9.17, 15) is 4.79 Å². The van der Waals surface area contributed by atoms with Gasteiger partial charge in [0.05, 0.1) is 6.26 Å². The lowest BCUT2D eigenvalue weighted by Crippen LogP contribution is -1.97. The van der Waals surface area contributed by atoms with Crippen molar-refractivity contribution in [3.8, 4) is 0 Å². The van der Waals surface area contributed by atoms with Gasteiger partial charge in [0.15, 0.2) is 5.78 Å². The summed E-state index contributed by atoms with van der Waals surface area (Å²) in [5.74, 6) is -0.174. The minimum atomic E-state index is -0.174. The molecule has 1 aromatic rings. The van der Waals surface area contributed by atoms with E-state index in [1.165, 1.54) is 0 Å². The van der Waals surface area contributed by atoms with Gasteiger partial charge in [-0.3, -0.25) is 4.79 Å². The number of hydrogen-bond donors (Lipinski definition) is 1. The molecule has 0 aliphatic carbocycles. The second-order valence-electron chi connectivity index (χ2n) is 2.66. The van der Waals surface area contributed by atoms with Crippen molar-refractivity contribution in [2.45, 2.75) is 6.92 Å². The van der Waals surface area contributed by atoms with Crippen LogP contribution in [0, 0.1) is 10.5 Å². The summed E-state index contributed by atoms with van der Waals surface area (Å²) in [5, 5.41) is 8.44. The molecular formula is C10H9IO2. The van der Waals surface area contributed by atoms with Crippen LogP contribution in [-0.4, -0.2) is 10.9 Å². The molecule has 68 valence electrons. The first kappa shape index (κ1) is 10.2. The van der Waals surface area contributed by atoms with E-state index >= 15 is 0 Å². The third-order valence-electron chi connectivity index (χ3n) is 1.62. The first-order valence-electron chi connectivity index (χ1n) is 3.76. The quantitative estimate of drug-likeness (QED) is 0.393. The van der Waals surface area contributed by atoms with Gasteiger partial charge in [-0.2, -0.15) is 0 Å². The van der Waals surface area contributed by atoms with Crippen LogP contribution in [0.15, 0.2) is 30.5 Å². The molecule has 0 fully saturated rings. The minimum Gasteiger partial charge on any atom is -0.515 e. The van der Waals surface area contributed by atoms with Gasteiger partial charge in [-0.1, -0.05) is 11.6 Å². The van der Waals surface area contributed by atoms with Gasteiger partial charge in [-0.15, -0.1) is 0 Å². The Bertz CT molecular complexity index is 356. The third-order valence-corrected chi connectivity index (χ3v) is 2.51. The molecule has 0 saturated carbocycles. The number of allylic oxidation sites excluding steroid dienone is 1. The molecule has 1 aromatic carbocycles. The van der Waals surface area contributed by atoms with Crippen molar-refractivity contribution < 1.29 is 9.90 Å². The van der Waals surface area contributed by atoms with E-state index in [1.807, 2.05) is 19.1 Å². The number of benzene rings is 1. The Hall–Kier alpha value is -0.840. The van der Waals surface area contributed by atoms with Crippen LogP contribution in [0.3, 0.4) is 0 Å². The summed E-state index contributed by atoms with van der Waals surface area (Å²) in [7, 11) is 0. The first-order valence-corrected chi connectivity index (χ1v) is 4.84. The monoisotopic (exact) mass is 288 g/mol. The summed E-state index contributed by atoms with van der Waals surface area (Å²) < 4.78 is 0.903. The van der Waals surface area contributed by atoms with Crippen LogP contribution in [-0.2, 0) is 0 Å². The van der Waals surface area contributed by atoms with Crippen LogP contribution in [0.1, 0.15) is 15.9 Å². The summed E-state index contributed by atoms with van der Waals surface area (Å²) in [4.78, 5) is 11.3. The number of aryl methyl sites for hydroxylation is 1. The Morgan fingerprint density at radius 3 is 2.77 bits per heavy atom. The van der Waals surface area contributed by atoms with Crippen molar-refractivity contribution in [2.24, 2.45) is 0 Å². The average Bonchev–Trinajstić information content (AvgIpc) is 2.04. The fraction of sp³-hybridized carbons (Fsp3) is 0.100. The zero-order valence-corrected chi connectivity index (χ0v) is 9.28. The molecule has 0 aliphatic heterocycles. The van der Waals surface area contributed by atoms with E-state index in [-0.39, 0.29) is 5.78 Å². The van der Waals surface area contributed by atoms with Crippen LogP contribution in [0.25, 0.3) is 0 Å². The Morgan fingerprint density at radius 1 is 1.54 bits per heavy atom. The van der Waals surface area contributed by atoms with Crippen LogP contribution < -0.4 is 0 Å². The lowest BCUT2D eigenvalue weighted by molar-refractivity contribution is 0.104. The van der Waals surface area contributed by atoms with E-state index in [0.717, 1.165) is 21.5 Å². The normalized spacial score (nSPS) is 10.6. The number of hydrogen-bond acceptors (Lipinski definition) is 2. The highest BCUT2D eigenvalue weighted by atomic mass is 127. The molecule has 1 rings (SSSR count). The number of carbonyl (C=O) groups excluding carboxylic acids is 1. The van der Waals surface area contributed by atoms with Crippen LogP contribution >= 0.6 is 22.6 Å². The topological polar surface area (TPSA) is 37.3 Å². The molecule has 0 saturated heterocycles. The van der Waals surface area contributed by atoms with Crippen LogP contribution in [0.4, 0.5) is 0 Å². The van der Waals surface area contributed by atoms with Crippen LogP contribution in [0.5, 0.6) is 0 Å². The summed E-state index contributed by atoms with van der Waals surface area (Å²) in [6.45, 7) is 1.97. The Kier molecular flexibility index (Phi) is 3.48. The predicted molar refractivity (Wildman–Crippen MR) is 60.0 cm³/mol. The molecule has 0 amide bonds. The van der Waals surface area contributed by atoms with Gasteiger partial charge < -0.3 is 5.11 Å². The molecule has 0 spiro atoms. The molecule has 3 heteroatoms. The number of halogens is 1. The maximum atomic E-state index is 11.3. The van der Waals surface area contributed by atoms with Gasteiger partial charge in [-0.05, 0) is 41.6 Å². The van der Waals surface area contributed by atoms with Crippen molar-refractivity contribution in [3.05, 3.63) is 45.2 Å². The lowest BCUT2D eigenvalue weighted by atomic mass is 10.1. The molecule has 2 nitrogen and oxygen atoms in total. The highest BCUT2D eigenvalue weighted by molar-refractivity contribution is 14.1. The highest BCUT2D eigenvalue weighted by Crippen LogP contribution is 2.15. The largest absolute Gasteiger partial charge is 0.515 e. The van der Waals surface area contributed by atoms with Gasteiger partial charge in [0.25, 0.3) is 0 Å². The maximum Gasteiger partial charge on any atom is 0.189 e. The van der Waals surface area contributed by atoms with Crippen molar-refractivity contribution in [3.63, 3.8) is 0 Å². The summed E-state index contributed by atoms with van der Waals surface area (Å²) in [6, 6.07) is 5.57. The Labute approximate surface area is 90.4 Å². The fourth-order valence-corrected chi connectivity index (χ4v) is 1.91. The average molecular weight is 288 g/mol. The van der Waals surface area contributed by atoms with Gasteiger partial charge >= 0.3 is 0 Å². The first-order chi connectivity index (χ1) is 6.15. The summed E-state index contributed by atoms with van der Waals surface area (Å²) in [5.41, 5.74) is 1.74. The van der Waals surface area contributed by atoms with Gasteiger partial charge in [0, 0.05) is 15.2 Å². The summed E-state index contributed by atoms with van der Waals surface area (Å²) >= 11 is 2.10. The maximum absolute atomic E-state index is 11.3. The molecule has 0 bridgehead atoms. The molecule has 0 unspecified atom stereocenters. The van der Waals surface area contributed by atoms with E-state index < -0.39 is 0 Å². The number of aliphatic hydroxyl groups is 1.